The fourth-order valence-corrected chi connectivity index (χ4v) is 1.76. The standard InChI is InChI=1S/C10H7BrClN3O/c11-7-1-6(4-13-5-7)10-14-8(3-12)2-9(16)15-10/h1-2,4-5H,3H2,(H,14,15,16). The number of halogens is 2. The van der Waals surface area contributed by atoms with Gasteiger partial charge in [0.1, 0.15) is 5.82 Å². The van der Waals surface area contributed by atoms with Gasteiger partial charge in [-0.05, 0) is 22.0 Å². The number of hydrogen-bond acceptors (Lipinski definition) is 3. The summed E-state index contributed by atoms with van der Waals surface area (Å²) in [6, 6.07) is 3.20. The lowest BCUT2D eigenvalue weighted by molar-refractivity contribution is 1.06. The molecule has 82 valence electrons. The molecule has 0 aliphatic rings. The van der Waals surface area contributed by atoms with Crippen LogP contribution < -0.4 is 5.56 Å². The summed E-state index contributed by atoms with van der Waals surface area (Å²) in [6.07, 6.45) is 3.29. The van der Waals surface area contributed by atoms with Crippen LogP contribution in [0.4, 0.5) is 0 Å². The van der Waals surface area contributed by atoms with E-state index in [4.69, 9.17) is 11.6 Å². The maximum absolute atomic E-state index is 11.3. The van der Waals surface area contributed by atoms with Gasteiger partial charge in [0.2, 0.25) is 0 Å². The summed E-state index contributed by atoms with van der Waals surface area (Å²) in [6.45, 7) is 0. The van der Waals surface area contributed by atoms with Crippen LogP contribution in [0.15, 0.2) is 33.8 Å². The van der Waals surface area contributed by atoms with Gasteiger partial charge >= 0.3 is 0 Å². The van der Waals surface area contributed by atoms with Crippen LogP contribution in [0.3, 0.4) is 0 Å². The Bertz CT molecular complexity index is 570. The first-order valence-electron chi connectivity index (χ1n) is 4.46. The van der Waals surface area contributed by atoms with Gasteiger partial charge in [-0.2, -0.15) is 0 Å². The molecule has 0 amide bonds. The van der Waals surface area contributed by atoms with Crippen molar-refractivity contribution in [1.29, 1.82) is 0 Å². The van der Waals surface area contributed by atoms with Gasteiger partial charge in [-0.1, -0.05) is 0 Å². The van der Waals surface area contributed by atoms with Crippen LogP contribution in [0.2, 0.25) is 0 Å². The monoisotopic (exact) mass is 299 g/mol. The summed E-state index contributed by atoms with van der Waals surface area (Å²) in [5, 5.41) is 0. The predicted octanol–water partition coefficient (Wildman–Crippen LogP) is 2.33. The fourth-order valence-electron chi connectivity index (χ4n) is 1.25. The minimum atomic E-state index is -0.222. The molecule has 0 fully saturated rings. The second-order valence-corrected chi connectivity index (χ2v) is 4.29. The van der Waals surface area contributed by atoms with Crippen LogP contribution in [-0.2, 0) is 5.88 Å². The Balaban J connectivity index is 2.55. The van der Waals surface area contributed by atoms with E-state index in [1.165, 1.54) is 6.07 Å². The second kappa shape index (κ2) is 4.76. The van der Waals surface area contributed by atoms with Crippen molar-refractivity contribution in [2.24, 2.45) is 0 Å². The van der Waals surface area contributed by atoms with Crippen molar-refractivity contribution < 1.29 is 0 Å². The molecular formula is C10H7BrClN3O. The maximum Gasteiger partial charge on any atom is 0.251 e. The molecule has 0 radical (unpaired) electrons. The van der Waals surface area contributed by atoms with Crippen LogP contribution in [0.25, 0.3) is 11.4 Å². The van der Waals surface area contributed by atoms with Gasteiger partial charge in [0.15, 0.2) is 0 Å². The quantitative estimate of drug-likeness (QED) is 0.866. The Hall–Kier alpha value is -1.20. The first-order chi connectivity index (χ1) is 7.69. The Kier molecular flexibility index (Phi) is 3.36. The normalized spacial score (nSPS) is 10.4. The second-order valence-electron chi connectivity index (χ2n) is 3.11. The van der Waals surface area contributed by atoms with Gasteiger partial charge < -0.3 is 4.98 Å². The van der Waals surface area contributed by atoms with E-state index in [1.807, 2.05) is 6.07 Å². The first kappa shape index (κ1) is 11.3. The molecule has 2 heterocycles. The third-order valence-corrected chi connectivity index (χ3v) is 2.62. The molecule has 16 heavy (non-hydrogen) atoms. The Morgan fingerprint density at radius 2 is 2.19 bits per heavy atom. The largest absolute Gasteiger partial charge is 0.306 e. The number of aromatic amines is 1. The average Bonchev–Trinajstić information content (AvgIpc) is 2.28. The number of aromatic nitrogens is 3. The van der Waals surface area contributed by atoms with E-state index in [0.29, 0.717) is 11.5 Å². The molecule has 0 atom stereocenters. The number of alkyl halides is 1. The van der Waals surface area contributed by atoms with Crippen LogP contribution in [0, 0.1) is 0 Å². The summed E-state index contributed by atoms with van der Waals surface area (Å²) >= 11 is 8.95. The zero-order valence-electron chi connectivity index (χ0n) is 8.08. The van der Waals surface area contributed by atoms with Crippen molar-refractivity contribution in [3.8, 4) is 11.4 Å². The lowest BCUT2D eigenvalue weighted by Gasteiger charge is -2.02. The first-order valence-corrected chi connectivity index (χ1v) is 5.79. The number of H-pyrrole nitrogens is 1. The van der Waals surface area contributed by atoms with Crippen molar-refractivity contribution in [2.75, 3.05) is 0 Å². The number of nitrogens with one attached hydrogen (secondary N) is 1. The molecule has 6 heteroatoms. The van der Waals surface area contributed by atoms with E-state index in [-0.39, 0.29) is 11.4 Å². The number of hydrogen-bond donors (Lipinski definition) is 1. The van der Waals surface area contributed by atoms with Gasteiger partial charge in [0.25, 0.3) is 5.56 Å². The summed E-state index contributed by atoms with van der Waals surface area (Å²) in [4.78, 5) is 22.2. The molecule has 2 aromatic heterocycles. The highest BCUT2D eigenvalue weighted by Crippen LogP contribution is 2.17. The van der Waals surface area contributed by atoms with E-state index in [1.54, 1.807) is 12.4 Å². The molecule has 0 bridgehead atoms. The number of pyridine rings is 1. The Morgan fingerprint density at radius 1 is 1.38 bits per heavy atom. The van der Waals surface area contributed by atoms with Crippen LogP contribution in [-0.4, -0.2) is 15.0 Å². The van der Waals surface area contributed by atoms with Crippen LogP contribution >= 0.6 is 27.5 Å². The molecule has 0 unspecified atom stereocenters. The van der Waals surface area contributed by atoms with E-state index in [2.05, 4.69) is 30.9 Å². The highest BCUT2D eigenvalue weighted by molar-refractivity contribution is 9.10. The molecule has 2 aromatic rings. The van der Waals surface area contributed by atoms with Crippen LogP contribution in [0.1, 0.15) is 5.69 Å². The smallest absolute Gasteiger partial charge is 0.251 e. The summed E-state index contributed by atoms with van der Waals surface area (Å²) in [5.74, 6) is 0.676. The zero-order chi connectivity index (χ0) is 11.5. The molecule has 0 saturated heterocycles. The van der Waals surface area contributed by atoms with Crippen molar-refractivity contribution >= 4 is 27.5 Å². The van der Waals surface area contributed by atoms with Crippen molar-refractivity contribution in [1.82, 2.24) is 15.0 Å². The lowest BCUT2D eigenvalue weighted by atomic mass is 10.2. The fraction of sp³-hybridized carbons (Fsp3) is 0.100. The topological polar surface area (TPSA) is 58.6 Å². The third-order valence-electron chi connectivity index (χ3n) is 1.91. The van der Waals surface area contributed by atoms with Crippen molar-refractivity contribution in [3.63, 3.8) is 0 Å². The Morgan fingerprint density at radius 3 is 2.88 bits per heavy atom. The van der Waals surface area contributed by atoms with E-state index in [9.17, 15) is 4.79 Å². The van der Waals surface area contributed by atoms with Gasteiger partial charge in [-0.3, -0.25) is 9.78 Å². The van der Waals surface area contributed by atoms with E-state index < -0.39 is 0 Å². The summed E-state index contributed by atoms with van der Waals surface area (Å²) in [5.41, 5.74) is 1.06. The highest BCUT2D eigenvalue weighted by atomic mass is 79.9. The molecule has 0 saturated carbocycles. The molecule has 0 aromatic carbocycles. The highest BCUT2D eigenvalue weighted by Gasteiger charge is 2.04. The van der Waals surface area contributed by atoms with Crippen LogP contribution in [0.5, 0.6) is 0 Å². The van der Waals surface area contributed by atoms with E-state index in [0.717, 1.165) is 10.0 Å². The molecule has 2 rings (SSSR count). The van der Waals surface area contributed by atoms with Gasteiger partial charge in [-0.15, -0.1) is 11.6 Å². The molecule has 4 nitrogen and oxygen atoms in total. The number of rotatable bonds is 2. The zero-order valence-corrected chi connectivity index (χ0v) is 10.4. The van der Waals surface area contributed by atoms with Crippen molar-refractivity contribution in [2.45, 2.75) is 5.88 Å². The SMILES string of the molecule is O=c1cc(CCl)nc(-c2cncc(Br)c2)[nH]1. The van der Waals surface area contributed by atoms with Gasteiger partial charge in [0.05, 0.1) is 11.6 Å². The van der Waals surface area contributed by atoms with Gasteiger partial charge in [-0.25, -0.2) is 4.98 Å². The number of nitrogens with zero attached hydrogens (tertiary/aromatic N) is 2. The van der Waals surface area contributed by atoms with Gasteiger partial charge in [0, 0.05) is 28.5 Å². The third kappa shape index (κ3) is 2.48. The minimum absolute atomic E-state index is 0.207. The maximum atomic E-state index is 11.3. The Labute approximate surface area is 105 Å². The van der Waals surface area contributed by atoms with E-state index >= 15 is 0 Å². The molecule has 0 aliphatic heterocycles. The lowest BCUT2D eigenvalue weighted by Crippen LogP contribution is -2.09. The van der Waals surface area contributed by atoms with Crippen molar-refractivity contribution in [3.05, 3.63) is 45.0 Å². The molecular weight excluding hydrogens is 293 g/mol. The minimum Gasteiger partial charge on any atom is -0.306 e. The summed E-state index contributed by atoms with van der Waals surface area (Å²) < 4.78 is 0.823. The molecule has 0 aliphatic carbocycles. The summed E-state index contributed by atoms with van der Waals surface area (Å²) in [7, 11) is 0. The predicted molar refractivity (Wildman–Crippen MR) is 65.3 cm³/mol. The average molecular weight is 301 g/mol. The molecule has 1 N–H and O–H groups in total. The molecule has 0 spiro atoms.